The molecule has 0 atom stereocenters. The summed E-state index contributed by atoms with van der Waals surface area (Å²) in [6, 6.07) is 12.8. The molecule has 0 aliphatic carbocycles. The Morgan fingerprint density at radius 3 is 2.58 bits per heavy atom. The smallest absolute Gasteiger partial charge is 0.142 e. The van der Waals surface area contributed by atoms with Crippen LogP contribution in [0.15, 0.2) is 40.6 Å². The van der Waals surface area contributed by atoms with Gasteiger partial charge in [-0.15, -0.1) is 23.1 Å². The molecule has 0 amide bonds. The molecule has 1 saturated heterocycles. The average molecular weight is 363 g/mol. The first-order chi connectivity index (χ1) is 11.8. The molecule has 3 rings (SSSR count). The van der Waals surface area contributed by atoms with Gasteiger partial charge in [-0.1, -0.05) is 12.1 Å². The number of anilines is 1. The maximum atomic E-state index is 5.49. The van der Waals surface area contributed by atoms with Gasteiger partial charge in [0, 0.05) is 36.8 Å². The van der Waals surface area contributed by atoms with Gasteiger partial charge in [0.25, 0.3) is 0 Å². The van der Waals surface area contributed by atoms with E-state index in [1.54, 1.807) is 7.11 Å². The summed E-state index contributed by atoms with van der Waals surface area (Å²) in [6.07, 6.45) is 1.26. The second-order valence-corrected chi connectivity index (χ2v) is 8.75. The molecule has 2 aromatic rings. The van der Waals surface area contributed by atoms with Crippen molar-refractivity contribution in [3.05, 3.63) is 41.3 Å². The molecule has 3 nitrogen and oxygen atoms in total. The van der Waals surface area contributed by atoms with Crippen LogP contribution in [0.25, 0.3) is 0 Å². The molecule has 1 aromatic carbocycles. The van der Waals surface area contributed by atoms with Gasteiger partial charge < -0.3 is 9.64 Å². The zero-order valence-corrected chi connectivity index (χ0v) is 16.2. The normalized spacial score (nSPS) is 15.7. The second kappa shape index (κ2) is 8.79. The molecule has 0 saturated carbocycles. The highest BCUT2D eigenvalue weighted by Gasteiger charge is 2.19. The van der Waals surface area contributed by atoms with E-state index < -0.39 is 0 Å². The summed E-state index contributed by atoms with van der Waals surface area (Å²) >= 11 is 3.90. The van der Waals surface area contributed by atoms with Gasteiger partial charge in [-0.05, 0) is 44.2 Å². The Morgan fingerprint density at radius 1 is 1.08 bits per heavy atom. The molecule has 5 heteroatoms. The highest BCUT2D eigenvalue weighted by molar-refractivity contribution is 8.01. The van der Waals surface area contributed by atoms with Crippen LogP contribution in [0.4, 0.5) is 5.69 Å². The highest BCUT2D eigenvalue weighted by Crippen LogP contribution is 2.29. The average Bonchev–Trinajstić information content (AvgIpc) is 3.04. The zero-order chi connectivity index (χ0) is 16.8. The van der Waals surface area contributed by atoms with E-state index in [1.165, 1.54) is 33.5 Å². The summed E-state index contributed by atoms with van der Waals surface area (Å²) < 4.78 is 6.94. The van der Waals surface area contributed by atoms with E-state index in [4.69, 9.17) is 4.74 Å². The lowest BCUT2D eigenvalue weighted by atomic mass is 10.2. The third-order valence-corrected chi connectivity index (χ3v) is 6.69. The fourth-order valence-electron chi connectivity index (χ4n) is 3.05. The summed E-state index contributed by atoms with van der Waals surface area (Å²) in [4.78, 5) is 6.44. The number of thiophene rings is 1. The Kier molecular flexibility index (Phi) is 6.46. The number of hydrogen-bond donors (Lipinski definition) is 0. The molecule has 2 heterocycles. The van der Waals surface area contributed by atoms with Crippen molar-refractivity contribution >= 4 is 28.8 Å². The van der Waals surface area contributed by atoms with Gasteiger partial charge in [-0.3, -0.25) is 4.90 Å². The third-order valence-electron chi connectivity index (χ3n) is 4.38. The second-order valence-electron chi connectivity index (χ2n) is 6.07. The van der Waals surface area contributed by atoms with Crippen molar-refractivity contribution < 1.29 is 4.74 Å². The van der Waals surface area contributed by atoms with Gasteiger partial charge in [0.1, 0.15) is 5.75 Å². The predicted molar refractivity (Wildman–Crippen MR) is 106 cm³/mol. The lowest BCUT2D eigenvalue weighted by molar-refractivity contribution is 0.258. The molecular weight excluding hydrogens is 336 g/mol. The Morgan fingerprint density at radius 2 is 1.88 bits per heavy atom. The number of ether oxygens (including phenoxy) is 1. The molecule has 0 unspecified atom stereocenters. The summed E-state index contributed by atoms with van der Waals surface area (Å²) in [5, 5.41) is 0. The molecule has 0 spiro atoms. The SMILES string of the molecule is COc1ccccc1N1CCN(CCCSc2ccc(C)s2)CC1. The molecule has 1 aliphatic rings. The Bertz CT molecular complexity index is 636. The topological polar surface area (TPSA) is 15.7 Å². The molecule has 1 aromatic heterocycles. The fourth-order valence-corrected chi connectivity index (χ4v) is 5.16. The van der Waals surface area contributed by atoms with E-state index >= 15 is 0 Å². The van der Waals surface area contributed by atoms with Crippen molar-refractivity contribution in [1.29, 1.82) is 0 Å². The monoisotopic (exact) mass is 362 g/mol. The van der Waals surface area contributed by atoms with E-state index in [0.29, 0.717) is 0 Å². The van der Waals surface area contributed by atoms with E-state index in [0.717, 1.165) is 31.9 Å². The van der Waals surface area contributed by atoms with Crippen molar-refractivity contribution in [1.82, 2.24) is 4.90 Å². The van der Waals surface area contributed by atoms with E-state index in [2.05, 4.69) is 41.0 Å². The van der Waals surface area contributed by atoms with E-state index in [1.807, 2.05) is 35.2 Å². The first-order valence-electron chi connectivity index (χ1n) is 8.56. The van der Waals surface area contributed by atoms with Gasteiger partial charge in [0.15, 0.2) is 0 Å². The van der Waals surface area contributed by atoms with Gasteiger partial charge in [0.05, 0.1) is 17.0 Å². The number of hydrogen-bond acceptors (Lipinski definition) is 5. The summed E-state index contributed by atoms with van der Waals surface area (Å²) in [7, 11) is 1.75. The number of nitrogens with zero attached hydrogens (tertiary/aromatic N) is 2. The predicted octanol–water partition coefficient (Wildman–Crippen LogP) is 4.37. The van der Waals surface area contributed by atoms with E-state index in [9.17, 15) is 0 Å². The third kappa shape index (κ3) is 4.68. The molecule has 0 bridgehead atoms. The minimum Gasteiger partial charge on any atom is -0.495 e. The molecule has 130 valence electrons. The minimum absolute atomic E-state index is 0.980. The summed E-state index contributed by atoms with van der Waals surface area (Å²) in [6.45, 7) is 7.82. The van der Waals surface area contributed by atoms with Crippen molar-refractivity contribution in [3.63, 3.8) is 0 Å². The first-order valence-corrected chi connectivity index (χ1v) is 10.4. The van der Waals surface area contributed by atoms with Crippen molar-refractivity contribution in [2.75, 3.05) is 50.5 Å². The van der Waals surface area contributed by atoms with Gasteiger partial charge in [-0.2, -0.15) is 0 Å². The van der Waals surface area contributed by atoms with Crippen LogP contribution in [0.2, 0.25) is 0 Å². The quantitative estimate of drug-likeness (QED) is 0.537. The van der Waals surface area contributed by atoms with Gasteiger partial charge >= 0.3 is 0 Å². The highest BCUT2D eigenvalue weighted by atomic mass is 32.2. The fraction of sp³-hybridized carbons (Fsp3) is 0.474. The standard InChI is InChI=1S/C19H26N2OS2/c1-16-8-9-19(24-16)23-15-5-10-20-11-13-21(14-12-20)17-6-3-4-7-18(17)22-2/h3-4,6-9H,5,10-15H2,1-2H3. The Hall–Kier alpha value is -1.17. The van der Waals surface area contributed by atoms with Crippen LogP contribution in [0.1, 0.15) is 11.3 Å². The lowest BCUT2D eigenvalue weighted by Gasteiger charge is -2.36. The van der Waals surface area contributed by atoms with Gasteiger partial charge in [0.2, 0.25) is 0 Å². The molecule has 1 fully saturated rings. The van der Waals surface area contributed by atoms with Crippen molar-refractivity contribution in [3.8, 4) is 5.75 Å². The number of rotatable bonds is 7. The molecular formula is C19H26N2OS2. The molecule has 24 heavy (non-hydrogen) atoms. The maximum absolute atomic E-state index is 5.49. The molecule has 1 aliphatic heterocycles. The number of piperazine rings is 1. The summed E-state index contributed by atoms with van der Waals surface area (Å²) in [5.74, 6) is 2.20. The molecule has 0 N–H and O–H groups in total. The lowest BCUT2D eigenvalue weighted by Crippen LogP contribution is -2.46. The number of benzene rings is 1. The maximum Gasteiger partial charge on any atom is 0.142 e. The van der Waals surface area contributed by atoms with Crippen LogP contribution < -0.4 is 9.64 Å². The van der Waals surface area contributed by atoms with Crippen LogP contribution in [-0.2, 0) is 0 Å². The van der Waals surface area contributed by atoms with Crippen molar-refractivity contribution in [2.24, 2.45) is 0 Å². The Labute approximate surface area is 153 Å². The number of methoxy groups -OCH3 is 1. The molecule has 0 radical (unpaired) electrons. The van der Waals surface area contributed by atoms with Crippen LogP contribution in [0.3, 0.4) is 0 Å². The van der Waals surface area contributed by atoms with Gasteiger partial charge in [-0.25, -0.2) is 0 Å². The van der Waals surface area contributed by atoms with Crippen LogP contribution in [0, 0.1) is 6.92 Å². The van der Waals surface area contributed by atoms with Crippen LogP contribution in [-0.4, -0.2) is 50.5 Å². The van der Waals surface area contributed by atoms with Crippen LogP contribution >= 0.6 is 23.1 Å². The number of aryl methyl sites for hydroxylation is 1. The minimum atomic E-state index is 0.980. The largest absolute Gasteiger partial charge is 0.495 e. The zero-order valence-electron chi connectivity index (χ0n) is 14.5. The van der Waals surface area contributed by atoms with E-state index in [-0.39, 0.29) is 0 Å². The van der Waals surface area contributed by atoms with Crippen LogP contribution in [0.5, 0.6) is 5.75 Å². The van der Waals surface area contributed by atoms with Crippen molar-refractivity contribution in [2.45, 2.75) is 17.6 Å². The summed E-state index contributed by atoms with van der Waals surface area (Å²) in [5.41, 5.74) is 1.23. The number of para-hydroxylation sites is 2. The first kappa shape index (κ1) is 17.6. The Balaban J connectivity index is 1.39. The number of thioether (sulfide) groups is 1.